The van der Waals surface area contributed by atoms with Gasteiger partial charge >= 0.3 is 6.09 Å². The predicted molar refractivity (Wildman–Crippen MR) is 94.6 cm³/mol. The molecule has 0 aromatic heterocycles. The van der Waals surface area contributed by atoms with Gasteiger partial charge in [0.1, 0.15) is 12.4 Å². The van der Waals surface area contributed by atoms with Crippen molar-refractivity contribution < 1.29 is 19.4 Å². The van der Waals surface area contributed by atoms with Crippen molar-refractivity contribution in [1.82, 2.24) is 0 Å². The molecule has 0 atom stereocenters. The van der Waals surface area contributed by atoms with Crippen molar-refractivity contribution in [1.29, 1.82) is 0 Å². The standard InChI is InChI=1S/C12H17NO2.C5H12O.CH2O/c1-4-12(2,3)15-11(14)13-10-8-6-5-7-9-10;1-4-5(2,3)6;1-2/h5-9H,4H2,1-3H3,(H,13,14);6H,4H2,1-3H3;1H2. The Bertz CT molecular complexity index is 424. The number of hydrogen-bond donors (Lipinski definition) is 2. The Morgan fingerprint density at radius 1 is 1.09 bits per heavy atom. The van der Waals surface area contributed by atoms with Crippen LogP contribution in [0.2, 0.25) is 0 Å². The van der Waals surface area contributed by atoms with Gasteiger partial charge in [-0.05, 0) is 52.7 Å². The van der Waals surface area contributed by atoms with E-state index in [1.54, 1.807) is 13.8 Å². The Morgan fingerprint density at radius 3 is 1.87 bits per heavy atom. The highest BCUT2D eigenvalue weighted by atomic mass is 16.6. The van der Waals surface area contributed by atoms with Crippen LogP contribution in [0.5, 0.6) is 0 Å². The van der Waals surface area contributed by atoms with Gasteiger partial charge in [0.2, 0.25) is 0 Å². The Labute approximate surface area is 140 Å². The van der Waals surface area contributed by atoms with E-state index in [0.717, 1.165) is 18.5 Å². The minimum absolute atomic E-state index is 0.409. The monoisotopic (exact) mass is 325 g/mol. The summed E-state index contributed by atoms with van der Waals surface area (Å²) < 4.78 is 5.24. The lowest BCUT2D eigenvalue weighted by Gasteiger charge is -2.23. The maximum atomic E-state index is 11.5. The molecule has 0 aliphatic carbocycles. The van der Waals surface area contributed by atoms with Gasteiger partial charge in [-0.2, -0.15) is 0 Å². The molecule has 2 N–H and O–H groups in total. The zero-order chi connectivity index (χ0) is 18.5. The van der Waals surface area contributed by atoms with Gasteiger partial charge in [0.25, 0.3) is 0 Å². The van der Waals surface area contributed by atoms with Crippen molar-refractivity contribution in [2.45, 2.75) is 65.6 Å². The first kappa shape index (κ1) is 23.4. The van der Waals surface area contributed by atoms with E-state index in [4.69, 9.17) is 14.6 Å². The Morgan fingerprint density at radius 2 is 1.52 bits per heavy atom. The molecule has 5 heteroatoms. The lowest BCUT2D eigenvalue weighted by molar-refractivity contribution is -0.0980. The first-order chi connectivity index (χ1) is 10.6. The summed E-state index contributed by atoms with van der Waals surface area (Å²) in [6.45, 7) is 13.3. The van der Waals surface area contributed by atoms with Crippen LogP contribution in [0.1, 0.15) is 54.4 Å². The van der Waals surface area contributed by atoms with Crippen molar-refractivity contribution >= 4 is 18.6 Å². The second-order valence-electron chi connectivity index (χ2n) is 6.16. The van der Waals surface area contributed by atoms with Crippen LogP contribution in [0, 0.1) is 0 Å². The van der Waals surface area contributed by atoms with E-state index in [0.29, 0.717) is 0 Å². The normalized spacial score (nSPS) is 10.4. The molecule has 1 aromatic rings. The fourth-order valence-electron chi connectivity index (χ4n) is 0.988. The largest absolute Gasteiger partial charge is 0.443 e. The Kier molecular flexibility index (Phi) is 11.9. The van der Waals surface area contributed by atoms with Crippen LogP contribution < -0.4 is 5.32 Å². The van der Waals surface area contributed by atoms with Crippen molar-refractivity contribution in [2.24, 2.45) is 0 Å². The third-order valence-corrected chi connectivity index (χ3v) is 3.11. The average molecular weight is 325 g/mol. The summed E-state index contributed by atoms with van der Waals surface area (Å²) in [6, 6.07) is 9.26. The summed E-state index contributed by atoms with van der Waals surface area (Å²) in [7, 11) is 0. The van der Waals surface area contributed by atoms with Gasteiger partial charge in [-0.15, -0.1) is 0 Å². The second-order valence-corrected chi connectivity index (χ2v) is 6.16. The van der Waals surface area contributed by atoms with Crippen molar-refractivity contribution in [3.63, 3.8) is 0 Å². The van der Waals surface area contributed by atoms with Crippen LogP contribution in [-0.4, -0.2) is 29.2 Å². The van der Waals surface area contributed by atoms with E-state index in [1.165, 1.54) is 0 Å². The smallest absolute Gasteiger partial charge is 0.412 e. The van der Waals surface area contributed by atoms with Crippen LogP contribution >= 0.6 is 0 Å². The molecule has 0 heterocycles. The number of anilines is 1. The minimum atomic E-state index is -0.458. The number of carbonyl (C=O) groups is 2. The molecular formula is C18H31NO4. The van der Waals surface area contributed by atoms with E-state index in [2.05, 4.69) is 5.32 Å². The van der Waals surface area contributed by atoms with E-state index in [9.17, 15) is 4.79 Å². The third kappa shape index (κ3) is 14.8. The zero-order valence-electron chi connectivity index (χ0n) is 15.2. The van der Waals surface area contributed by atoms with Gasteiger partial charge in [-0.25, -0.2) is 4.79 Å². The lowest BCUT2D eigenvalue weighted by Crippen LogP contribution is -2.29. The zero-order valence-corrected chi connectivity index (χ0v) is 15.2. The SMILES string of the molecule is C=O.CCC(C)(C)O.CCC(C)(C)OC(=O)Nc1ccccc1. The number of ether oxygens (including phenoxy) is 1. The first-order valence-corrected chi connectivity index (χ1v) is 7.66. The number of nitrogens with one attached hydrogen (secondary N) is 1. The van der Waals surface area contributed by atoms with Crippen molar-refractivity contribution in [3.8, 4) is 0 Å². The Hall–Kier alpha value is -1.88. The molecule has 0 aliphatic rings. The highest BCUT2D eigenvalue weighted by Crippen LogP contribution is 2.15. The van der Waals surface area contributed by atoms with Gasteiger partial charge in [0, 0.05) is 5.69 Å². The molecule has 0 bridgehead atoms. The Balaban J connectivity index is 0. The first-order valence-electron chi connectivity index (χ1n) is 7.66. The predicted octanol–water partition coefficient (Wildman–Crippen LogP) is 4.41. The molecular weight excluding hydrogens is 294 g/mol. The van der Waals surface area contributed by atoms with Crippen LogP contribution in [0.25, 0.3) is 0 Å². The van der Waals surface area contributed by atoms with Crippen LogP contribution in [-0.2, 0) is 9.53 Å². The van der Waals surface area contributed by atoms with E-state index >= 15 is 0 Å². The molecule has 0 spiro atoms. The van der Waals surface area contributed by atoms with Gasteiger partial charge in [-0.1, -0.05) is 32.0 Å². The molecule has 0 radical (unpaired) electrons. The number of rotatable bonds is 4. The number of hydrogen-bond acceptors (Lipinski definition) is 4. The fraction of sp³-hybridized carbons (Fsp3) is 0.556. The number of para-hydroxylation sites is 1. The molecule has 1 aromatic carbocycles. The molecule has 0 aliphatic heterocycles. The van der Waals surface area contributed by atoms with Gasteiger partial charge in [0.15, 0.2) is 0 Å². The average Bonchev–Trinajstić information content (AvgIpc) is 2.49. The van der Waals surface area contributed by atoms with Crippen molar-refractivity contribution in [2.75, 3.05) is 5.32 Å². The summed E-state index contributed by atoms with van der Waals surface area (Å²) in [5.41, 5.74) is -0.131. The van der Waals surface area contributed by atoms with Crippen LogP contribution in [0.3, 0.4) is 0 Å². The van der Waals surface area contributed by atoms with Crippen molar-refractivity contribution in [3.05, 3.63) is 30.3 Å². The van der Waals surface area contributed by atoms with E-state index in [1.807, 2.05) is 64.8 Å². The summed E-state index contributed by atoms with van der Waals surface area (Å²) >= 11 is 0. The molecule has 23 heavy (non-hydrogen) atoms. The lowest BCUT2D eigenvalue weighted by atomic mass is 10.1. The topological polar surface area (TPSA) is 75.6 Å². The summed E-state index contributed by atoms with van der Waals surface area (Å²) in [5, 5.41) is 11.5. The molecule has 0 saturated carbocycles. The van der Waals surface area contributed by atoms with E-state index in [-0.39, 0.29) is 0 Å². The number of carbonyl (C=O) groups excluding carboxylic acids is 2. The molecule has 1 amide bonds. The number of benzene rings is 1. The van der Waals surface area contributed by atoms with Crippen LogP contribution in [0.4, 0.5) is 10.5 Å². The summed E-state index contributed by atoms with van der Waals surface area (Å²) in [4.78, 5) is 19.5. The molecule has 0 saturated heterocycles. The van der Waals surface area contributed by atoms with E-state index < -0.39 is 17.3 Å². The summed E-state index contributed by atoms with van der Waals surface area (Å²) in [6.07, 6.45) is 1.20. The maximum Gasteiger partial charge on any atom is 0.412 e. The molecule has 1 rings (SSSR count). The van der Waals surface area contributed by atoms with Gasteiger partial charge in [0.05, 0.1) is 5.60 Å². The third-order valence-electron chi connectivity index (χ3n) is 3.11. The maximum absolute atomic E-state index is 11.5. The molecule has 132 valence electrons. The quantitative estimate of drug-likeness (QED) is 0.860. The molecule has 0 unspecified atom stereocenters. The number of aliphatic hydroxyl groups is 1. The highest BCUT2D eigenvalue weighted by molar-refractivity contribution is 5.84. The molecule has 0 fully saturated rings. The van der Waals surface area contributed by atoms with Gasteiger partial charge in [-0.3, -0.25) is 5.32 Å². The van der Waals surface area contributed by atoms with Gasteiger partial charge < -0.3 is 14.6 Å². The minimum Gasteiger partial charge on any atom is -0.443 e. The van der Waals surface area contributed by atoms with Crippen LogP contribution in [0.15, 0.2) is 30.3 Å². The second kappa shape index (κ2) is 11.7. The molecule has 5 nitrogen and oxygen atoms in total. The fourth-order valence-corrected chi connectivity index (χ4v) is 0.988. The summed E-state index contributed by atoms with van der Waals surface area (Å²) in [5.74, 6) is 0. The number of amides is 1. The highest BCUT2D eigenvalue weighted by Gasteiger charge is 2.20.